The number of carbonyl (C=O) groups is 2. The van der Waals surface area contributed by atoms with Crippen molar-refractivity contribution in [3.05, 3.63) is 23.9 Å². The number of hydrogen-bond donors (Lipinski definition) is 0. The molecule has 6 rings (SSSR count). The second-order valence-corrected chi connectivity index (χ2v) is 14.8. The van der Waals surface area contributed by atoms with Gasteiger partial charge < -0.3 is 23.9 Å². The molecule has 0 N–H and O–H groups in total. The van der Waals surface area contributed by atoms with Gasteiger partial charge in [-0.2, -0.15) is 0 Å². The van der Waals surface area contributed by atoms with Crippen molar-refractivity contribution in [2.75, 3.05) is 13.7 Å². The van der Waals surface area contributed by atoms with Gasteiger partial charge in [-0.15, -0.1) is 0 Å². The van der Waals surface area contributed by atoms with E-state index in [2.05, 4.69) is 6.29 Å². The number of rotatable bonds is 2. The summed E-state index contributed by atoms with van der Waals surface area (Å²) >= 11 is 0. The largest absolute Gasteiger partial charge is 0.540 e. The molecule has 2 aromatic rings. The summed E-state index contributed by atoms with van der Waals surface area (Å²) in [7, 11) is 1.62. The molecule has 1 amide bonds. The molecule has 6 atom stereocenters. The van der Waals surface area contributed by atoms with Crippen molar-refractivity contribution in [1.29, 1.82) is 0 Å². The maximum atomic E-state index is 14.2. The van der Waals surface area contributed by atoms with Crippen LogP contribution in [0, 0.1) is 28.6 Å². The molecule has 4 aliphatic rings. The van der Waals surface area contributed by atoms with Crippen molar-refractivity contribution in [1.82, 2.24) is 14.9 Å². The Kier molecular flexibility index (Phi) is 9.91. The van der Waals surface area contributed by atoms with Gasteiger partial charge in [-0.25, -0.2) is 16.3 Å². The number of methoxy groups -OCH3 is 1. The molecular weight excluding hydrogens is 609 g/mol. The number of fused-ring (bicyclic) bond motifs is 5. The molecule has 1 spiro atoms. The number of benzene rings is 1. The van der Waals surface area contributed by atoms with Gasteiger partial charge in [0, 0.05) is 24.6 Å². The molecule has 2 bridgehead atoms. The van der Waals surface area contributed by atoms with E-state index in [0.29, 0.717) is 34.9 Å². The summed E-state index contributed by atoms with van der Waals surface area (Å²) in [5, 5.41) is 0. The first-order chi connectivity index (χ1) is 21.0. The summed E-state index contributed by atoms with van der Waals surface area (Å²) < 4.78 is 18.2. The van der Waals surface area contributed by atoms with Crippen LogP contribution in [0.4, 0.5) is 0 Å². The molecule has 9 nitrogen and oxygen atoms in total. The van der Waals surface area contributed by atoms with Crippen LogP contribution in [-0.4, -0.2) is 64.9 Å². The Labute approximate surface area is 278 Å². The Morgan fingerprint density at radius 2 is 1.80 bits per heavy atom. The summed E-state index contributed by atoms with van der Waals surface area (Å²) in [4.78, 5) is 51.3. The van der Waals surface area contributed by atoms with Crippen LogP contribution in [0.25, 0.3) is 11.0 Å². The van der Waals surface area contributed by atoms with E-state index in [9.17, 15) is 14.4 Å². The van der Waals surface area contributed by atoms with Gasteiger partial charge in [0.15, 0.2) is 0 Å². The summed E-state index contributed by atoms with van der Waals surface area (Å²) in [6.07, 6.45) is 10.8. The number of carbonyl (C=O) groups excluding carboxylic acids is 3. The Hall–Kier alpha value is -2.65. The third kappa shape index (κ3) is 7.04. The molecule has 1 radical (unpaired) electrons. The topological polar surface area (TPSA) is 108 Å². The first-order valence-corrected chi connectivity index (χ1v) is 16.4. The maximum Gasteiger partial charge on any atom is 0.306 e. The van der Waals surface area contributed by atoms with Crippen LogP contribution in [-0.2, 0) is 44.1 Å². The molecule has 45 heavy (non-hydrogen) atoms. The van der Waals surface area contributed by atoms with Gasteiger partial charge in [-0.05, 0) is 79.7 Å². The van der Waals surface area contributed by atoms with Crippen LogP contribution < -0.4 is 9.47 Å². The van der Waals surface area contributed by atoms with Crippen molar-refractivity contribution < 1.29 is 47.1 Å². The van der Waals surface area contributed by atoms with Crippen molar-refractivity contribution in [3.8, 4) is 11.6 Å². The first-order valence-electron chi connectivity index (χ1n) is 16.4. The van der Waals surface area contributed by atoms with E-state index in [0.717, 1.165) is 49.7 Å². The SMILES string of the molecule is COc1ccc2nc3c(nc2c1)O[C@H]1CN(C(=O)[C@H](C(C)(C)C)CC(=O)O[C@@H]2CC4(CC4)C[C@H]2CCCCC3)[C@H]([C-]=O)[C@@H]1C.[V]. The monoisotopic (exact) mass is 655 g/mol. The van der Waals surface area contributed by atoms with Crippen molar-refractivity contribution in [2.45, 2.75) is 110 Å². The van der Waals surface area contributed by atoms with E-state index < -0.39 is 23.5 Å². The fourth-order valence-corrected chi connectivity index (χ4v) is 7.68. The predicted molar refractivity (Wildman–Crippen MR) is 165 cm³/mol. The van der Waals surface area contributed by atoms with Crippen LogP contribution in [0.15, 0.2) is 18.2 Å². The molecule has 243 valence electrons. The zero-order valence-corrected chi connectivity index (χ0v) is 28.6. The van der Waals surface area contributed by atoms with E-state index in [1.165, 1.54) is 12.8 Å². The summed E-state index contributed by atoms with van der Waals surface area (Å²) in [5.41, 5.74) is 2.04. The quantitative estimate of drug-likeness (QED) is 0.304. The van der Waals surface area contributed by atoms with Crippen molar-refractivity contribution >= 4 is 29.2 Å². The third-order valence-electron chi connectivity index (χ3n) is 10.7. The van der Waals surface area contributed by atoms with E-state index in [1.807, 2.05) is 45.9 Å². The second kappa shape index (κ2) is 13.2. The predicted octanol–water partition coefficient (Wildman–Crippen LogP) is 5.61. The molecule has 1 aromatic carbocycles. The maximum absolute atomic E-state index is 14.2. The molecule has 10 heteroatoms. The van der Waals surface area contributed by atoms with Gasteiger partial charge >= 0.3 is 5.97 Å². The average Bonchev–Trinajstić information content (AvgIpc) is 3.55. The Bertz CT molecular complexity index is 1420. The summed E-state index contributed by atoms with van der Waals surface area (Å²) in [6, 6.07) is 4.83. The van der Waals surface area contributed by atoms with Gasteiger partial charge in [0.2, 0.25) is 11.8 Å². The molecule has 2 saturated carbocycles. The Balaban J connectivity index is 0.00000400. The molecule has 2 aliphatic carbocycles. The van der Waals surface area contributed by atoms with Crippen LogP contribution in [0.3, 0.4) is 0 Å². The first kappa shape index (κ1) is 33.7. The number of nitrogens with zero attached hydrogens (tertiary/aromatic N) is 3. The Morgan fingerprint density at radius 1 is 1.02 bits per heavy atom. The zero-order chi connectivity index (χ0) is 31.2. The van der Waals surface area contributed by atoms with E-state index in [4.69, 9.17) is 24.2 Å². The van der Waals surface area contributed by atoms with Crippen molar-refractivity contribution in [3.63, 3.8) is 0 Å². The van der Waals surface area contributed by atoms with Gasteiger partial charge in [0.05, 0.1) is 37.0 Å². The number of hydrogen-bond acceptors (Lipinski definition) is 8. The van der Waals surface area contributed by atoms with E-state index in [1.54, 1.807) is 12.0 Å². The number of esters is 1. The minimum absolute atomic E-state index is 0. The molecule has 3 heterocycles. The molecule has 2 aliphatic heterocycles. The molecule has 0 unspecified atom stereocenters. The average molecular weight is 656 g/mol. The van der Waals surface area contributed by atoms with E-state index >= 15 is 0 Å². The number of amides is 1. The second-order valence-electron chi connectivity index (χ2n) is 14.8. The fourth-order valence-electron chi connectivity index (χ4n) is 7.68. The molecule has 3 fully saturated rings. The third-order valence-corrected chi connectivity index (χ3v) is 10.7. The number of ether oxygens (including phenoxy) is 3. The molecular formula is C35H46N3O6V-. The number of aromatic nitrogens is 2. The summed E-state index contributed by atoms with van der Waals surface area (Å²) in [5.74, 6) is -0.0515. The summed E-state index contributed by atoms with van der Waals surface area (Å²) in [6.45, 7) is 7.99. The van der Waals surface area contributed by atoms with Crippen LogP contribution >= 0.6 is 0 Å². The van der Waals surface area contributed by atoms with Crippen molar-refractivity contribution in [2.24, 2.45) is 28.6 Å². The molecule has 1 saturated heterocycles. The van der Waals surface area contributed by atoms with Gasteiger partial charge in [-0.1, -0.05) is 46.6 Å². The van der Waals surface area contributed by atoms with Gasteiger partial charge in [0.1, 0.15) is 23.7 Å². The van der Waals surface area contributed by atoms with Crippen LogP contribution in [0.5, 0.6) is 11.6 Å². The fraction of sp³-hybridized carbons (Fsp3) is 0.686. The molecule has 1 aromatic heterocycles. The van der Waals surface area contributed by atoms with Gasteiger partial charge in [-0.3, -0.25) is 9.59 Å². The van der Waals surface area contributed by atoms with Crippen LogP contribution in [0.1, 0.15) is 91.2 Å². The minimum Gasteiger partial charge on any atom is -0.540 e. The smallest absolute Gasteiger partial charge is 0.306 e. The minimum atomic E-state index is -0.790. The Morgan fingerprint density at radius 3 is 2.49 bits per heavy atom. The van der Waals surface area contributed by atoms with Gasteiger partial charge in [0.25, 0.3) is 0 Å². The van der Waals surface area contributed by atoms with Crippen LogP contribution in [0.2, 0.25) is 0 Å². The van der Waals surface area contributed by atoms with E-state index in [-0.39, 0.29) is 55.4 Å². The standard InChI is InChI=1S/C35H46N3O6.V/c1-21-28(20-39)38-19-30(21)44-32-26(36-25-12-11-23(42-5)15-27(25)37-32)10-8-6-7-9-22-17-35(13-14-35)18-29(22)43-31(40)16-24(33(38)41)34(2,3)4;/h11-12,15,21-22,24,28-30H,6-10,13-14,16-19H2,1-5H3;/q-1;/t21-,22+,24+,28+,29+,30-;/m0./s1. The normalized spacial score (nSPS) is 30.3. The number of aryl methyl sites for hydroxylation is 1. The zero-order valence-electron chi connectivity index (χ0n) is 27.2.